The van der Waals surface area contributed by atoms with Crippen molar-refractivity contribution in [3.63, 3.8) is 0 Å². The number of alkyl carbamates (subject to hydrolysis) is 1. The molecule has 3 atom stereocenters. The predicted octanol–water partition coefficient (Wildman–Crippen LogP) is 3.55. The lowest BCUT2D eigenvalue weighted by Crippen LogP contribution is -2.58. The molecule has 0 heterocycles. The Morgan fingerprint density at radius 2 is 1.71 bits per heavy atom. The van der Waals surface area contributed by atoms with Gasteiger partial charge in [-0.2, -0.15) is 8.78 Å². The van der Waals surface area contributed by atoms with Crippen molar-refractivity contribution in [3.8, 4) is 0 Å². The Labute approximate surface area is 164 Å². The van der Waals surface area contributed by atoms with Gasteiger partial charge in [-0.25, -0.2) is 4.79 Å². The van der Waals surface area contributed by atoms with E-state index in [2.05, 4.69) is 10.6 Å². The van der Waals surface area contributed by atoms with Crippen LogP contribution in [0.4, 0.5) is 13.6 Å². The average molecular weight is 400 g/mol. The molecule has 0 fully saturated rings. The van der Waals surface area contributed by atoms with Gasteiger partial charge in [-0.05, 0) is 39.7 Å². The zero-order valence-electron chi connectivity index (χ0n) is 17.0. The van der Waals surface area contributed by atoms with E-state index in [1.54, 1.807) is 65.0 Å². The summed E-state index contributed by atoms with van der Waals surface area (Å²) in [6.45, 7) is 8.17. The first-order chi connectivity index (χ1) is 12.9. The molecule has 3 N–H and O–H groups in total. The van der Waals surface area contributed by atoms with Crippen molar-refractivity contribution in [1.82, 2.24) is 10.6 Å². The SMILES string of the molecule is CCC[C@H](NC(=O)OC(C)(C)C)[C@@H](O)C(F)(F)C(=O)N[C@@H](C)c1ccccc1. The quantitative estimate of drug-likeness (QED) is 0.623. The van der Waals surface area contributed by atoms with Gasteiger partial charge in [0.05, 0.1) is 12.1 Å². The Hall–Kier alpha value is -2.22. The van der Waals surface area contributed by atoms with E-state index in [0.29, 0.717) is 12.0 Å². The Kier molecular flexibility index (Phi) is 8.35. The van der Waals surface area contributed by atoms with Crippen LogP contribution in [-0.2, 0) is 9.53 Å². The van der Waals surface area contributed by atoms with Crippen molar-refractivity contribution >= 4 is 12.0 Å². The summed E-state index contributed by atoms with van der Waals surface area (Å²) < 4.78 is 34.2. The molecule has 1 aromatic carbocycles. The largest absolute Gasteiger partial charge is 0.444 e. The summed E-state index contributed by atoms with van der Waals surface area (Å²) in [4.78, 5) is 24.1. The monoisotopic (exact) mass is 400 g/mol. The van der Waals surface area contributed by atoms with Crippen LogP contribution in [0.1, 0.15) is 59.1 Å². The molecule has 0 aliphatic heterocycles. The first-order valence-corrected chi connectivity index (χ1v) is 9.29. The molecule has 1 rings (SSSR count). The smallest absolute Gasteiger partial charge is 0.407 e. The number of amides is 2. The number of carbonyl (C=O) groups is 2. The normalized spacial score (nSPS) is 15.3. The Morgan fingerprint density at radius 1 is 1.14 bits per heavy atom. The lowest BCUT2D eigenvalue weighted by atomic mass is 9.99. The second-order valence-electron chi connectivity index (χ2n) is 7.72. The van der Waals surface area contributed by atoms with E-state index in [0.717, 1.165) is 0 Å². The molecule has 1 aromatic rings. The Morgan fingerprint density at radius 3 is 2.21 bits per heavy atom. The van der Waals surface area contributed by atoms with Crippen LogP contribution in [0.5, 0.6) is 0 Å². The second kappa shape index (κ2) is 9.82. The van der Waals surface area contributed by atoms with Gasteiger partial charge in [-0.3, -0.25) is 4.79 Å². The minimum Gasteiger partial charge on any atom is -0.444 e. The summed E-state index contributed by atoms with van der Waals surface area (Å²) >= 11 is 0. The highest BCUT2D eigenvalue weighted by atomic mass is 19.3. The predicted molar refractivity (Wildman–Crippen MR) is 102 cm³/mol. The number of benzene rings is 1. The molecular formula is C20H30F2N2O4. The number of aliphatic hydroxyl groups is 1. The third-order valence-electron chi connectivity index (χ3n) is 4.00. The highest BCUT2D eigenvalue weighted by Gasteiger charge is 2.50. The van der Waals surface area contributed by atoms with E-state index in [1.165, 1.54) is 0 Å². The van der Waals surface area contributed by atoms with E-state index in [1.807, 2.05) is 0 Å². The van der Waals surface area contributed by atoms with E-state index in [4.69, 9.17) is 4.74 Å². The minimum atomic E-state index is -4.10. The molecular weight excluding hydrogens is 370 g/mol. The van der Waals surface area contributed by atoms with Crippen LogP contribution in [0.2, 0.25) is 0 Å². The summed E-state index contributed by atoms with van der Waals surface area (Å²) in [7, 11) is 0. The van der Waals surface area contributed by atoms with E-state index in [-0.39, 0.29) is 6.42 Å². The van der Waals surface area contributed by atoms with Crippen molar-refractivity contribution < 1.29 is 28.2 Å². The number of alkyl halides is 2. The fraction of sp³-hybridized carbons (Fsp3) is 0.600. The maximum absolute atomic E-state index is 14.6. The number of rotatable bonds is 8. The second-order valence-corrected chi connectivity index (χ2v) is 7.72. The van der Waals surface area contributed by atoms with Crippen molar-refractivity contribution in [2.24, 2.45) is 0 Å². The van der Waals surface area contributed by atoms with Crippen LogP contribution in [0.25, 0.3) is 0 Å². The molecule has 28 heavy (non-hydrogen) atoms. The third-order valence-corrected chi connectivity index (χ3v) is 4.00. The fourth-order valence-electron chi connectivity index (χ4n) is 2.58. The zero-order chi connectivity index (χ0) is 21.5. The highest BCUT2D eigenvalue weighted by molar-refractivity contribution is 5.84. The molecule has 0 radical (unpaired) electrons. The number of aliphatic hydroxyl groups excluding tert-OH is 1. The molecule has 0 aliphatic rings. The zero-order valence-corrected chi connectivity index (χ0v) is 17.0. The molecule has 2 amide bonds. The van der Waals surface area contributed by atoms with Crippen molar-refractivity contribution in [1.29, 1.82) is 0 Å². The lowest BCUT2D eigenvalue weighted by Gasteiger charge is -2.31. The molecule has 0 saturated carbocycles. The van der Waals surface area contributed by atoms with Gasteiger partial charge >= 0.3 is 12.0 Å². The van der Waals surface area contributed by atoms with Gasteiger partial charge in [-0.15, -0.1) is 0 Å². The van der Waals surface area contributed by atoms with Gasteiger partial charge in [0.2, 0.25) is 0 Å². The Bertz CT molecular complexity index is 647. The summed E-state index contributed by atoms with van der Waals surface area (Å²) in [5.74, 6) is -5.71. The summed E-state index contributed by atoms with van der Waals surface area (Å²) in [6.07, 6.45) is -2.87. The first kappa shape index (κ1) is 23.8. The molecule has 0 unspecified atom stereocenters. The average Bonchev–Trinajstić information content (AvgIpc) is 2.59. The van der Waals surface area contributed by atoms with Gasteiger partial charge in [0.1, 0.15) is 11.7 Å². The van der Waals surface area contributed by atoms with Crippen LogP contribution in [0.3, 0.4) is 0 Å². The number of carbonyl (C=O) groups excluding carboxylic acids is 2. The number of hydrogen-bond donors (Lipinski definition) is 3. The Balaban J connectivity index is 2.85. The topological polar surface area (TPSA) is 87.7 Å². The first-order valence-electron chi connectivity index (χ1n) is 9.29. The summed E-state index contributed by atoms with van der Waals surface area (Å²) in [6, 6.07) is 6.61. The summed E-state index contributed by atoms with van der Waals surface area (Å²) in [5, 5.41) is 14.6. The van der Waals surface area contributed by atoms with Crippen molar-refractivity contribution in [2.75, 3.05) is 0 Å². The molecule has 8 heteroatoms. The number of halogens is 2. The molecule has 158 valence electrons. The van der Waals surface area contributed by atoms with Crippen LogP contribution in [0.15, 0.2) is 30.3 Å². The van der Waals surface area contributed by atoms with E-state index in [9.17, 15) is 23.5 Å². The maximum Gasteiger partial charge on any atom is 0.407 e. The maximum atomic E-state index is 14.6. The van der Waals surface area contributed by atoms with Crippen LogP contribution >= 0.6 is 0 Å². The lowest BCUT2D eigenvalue weighted by molar-refractivity contribution is -0.167. The van der Waals surface area contributed by atoms with Gasteiger partial charge < -0.3 is 20.5 Å². The van der Waals surface area contributed by atoms with Crippen LogP contribution < -0.4 is 10.6 Å². The number of hydrogen-bond acceptors (Lipinski definition) is 4. The van der Waals surface area contributed by atoms with Crippen LogP contribution in [0, 0.1) is 0 Å². The molecule has 0 saturated heterocycles. The van der Waals surface area contributed by atoms with E-state index < -0.39 is 41.7 Å². The third kappa shape index (κ3) is 7.07. The van der Waals surface area contributed by atoms with Crippen molar-refractivity contribution in [3.05, 3.63) is 35.9 Å². The molecule has 0 spiro atoms. The molecule has 0 bridgehead atoms. The minimum absolute atomic E-state index is 0.0531. The molecule has 0 aliphatic carbocycles. The summed E-state index contributed by atoms with van der Waals surface area (Å²) in [5.41, 5.74) is -0.172. The molecule has 0 aromatic heterocycles. The van der Waals surface area contributed by atoms with E-state index >= 15 is 0 Å². The number of ether oxygens (including phenoxy) is 1. The highest BCUT2D eigenvalue weighted by Crippen LogP contribution is 2.25. The molecule has 6 nitrogen and oxygen atoms in total. The van der Waals surface area contributed by atoms with Crippen LogP contribution in [-0.4, -0.2) is 40.8 Å². The standard InChI is InChI=1S/C20H30F2N2O4/c1-6-10-15(24-18(27)28-19(3,4)5)16(25)20(21,22)17(26)23-13(2)14-11-8-7-9-12-14/h7-9,11-13,15-16,25H,6,10H2,1-5H3,(H,23,26)(H,24,27)/t13-,15-,16+/m0/s1. The fourth-order valence-corrected chi connectivity index (χ4v) is 2.58. The van der Waals surface area contributed by atoms with Gasteiger partial charge in [-0.1, -0.05) is 43.7 Å². The van der Waals surface area contributed by atoms with Gasteiger partial charge in [0, 0.05) is 0 Å². The van der Waals surface area contributed by atoms with Gasteiger partial charge in [0.25, 0.3) is 5.91 Å². The van der Waals surface area contributed by atoms with Gasteiger partial charge in [0.15, 0.2) is 0 Å². The number of nitrogens with one attached hydrogen (secondary N) is 2. The van der Waals surface area contributed by atoms with Crippen molar-refractivity contribution in [2.45, 2.75) is 77.2 Å².